The summed E-state index contributed by atoms with van der Waals surface area (Å²) in [6, 6.07) is 9.04. The molecule has 2 aromatic rings. The molecule has 4 nitrogen and oxygen atoms in total. The summed E-state index contributed by atoms with van der Waals surface area (Å²) in [6.07, 6.45) is 0.688. The molecule has 1 aromatic heterocycles. The molecule has 5 heteroatoms. The van der Waals surface area contributed by atoms with Gasteiger partial charge in [-0.2, -0.15) is 0 Å². The molecule has 0 aliphatic heterocycles. The van der Waals surface area contributed by atoms with E-state index >= 15 is 0 Å². The highest BCUT2D eigenvalue weighted by Crippen LogP contribution is 2.23. The van der Waals surface area contributed by atoms with Crippen LogP contribution in [0.4, 0.5) is 11.5 Å². The molecule has 0 bridgehead atoms. The number of aromatic carboxylic acids is 1. The number of anilines is 2. The van der Waals surface area contributed by atoms with Gasteiger partial charge in [-0.05, 0) is 49.2 Å². The van der Waals surface area contributed by atoms with Crippen molar-refractivity contribution in [1.82, 2.24) is 4.98 Å². The minimum absolute atomic E-state index is 0.242. The van der Waals surface area contributed by atoms with Gasteiger partial charge >= 0.3 is 5.97 Å². The Morgan fingerprint density at radius 3 is 2.65 bits per heavy atom. The Balaban J connectivity index is 2.37. The van der Waals surface area contributed by atoms with Crippen molar-refractivity contribution in [2.45, 2.75) is 20.3 Å². The predicted octanol–water partition coefficient (Wildman–Crippen LogP) is 4.16. The Labute approximate surface area is 126 Å². The van der Waals surface area contributed by atoms with Crippen molar-refractivity contribution < 1.29 is 9.90 Å². The fourth-order valence-electron chi connectivity index (χ4n) is 1.91. The number of carboxylic acids is 1. The van der Waals surface area contributed by atoms with E-state index in [0.717, 1.165) is 21.4 Å². The number of pyridine rings is 1. The standard InChI is InChI=1S/C15H15BrN2O2/c1-3-12-6-10(15(19)20)7-14(17-12)18-13-5-9(2)4-11(16)8-13/h4-8H,3H2,1-2H3,(H,17,18)(H,19,20). The number of carboxylic acid groups (broad SMARTS) is 1. The molecule has 2 N–H and O–H groups in total. The Morgan fingerprint density at radius 2 is 2.05 bits per heavy atom. The van der Waals surface area contributed by atoms with Crippen molar-refractivity contribution in [3.63, 3.8) is 0 Å². The van der Waals surface area contributed by atoms with Crippen molar-refractivity contribution in [3.05, 3.63) is 51.6 Å². The zero-order valence-electron chi connectivity index (χ0n) is 11.3. The molecule has 20 heavy (non-hydrogen) atoms. The van der Waals surface area contributed by atoms with Gasteiger partial charge in [-0.1, -0.05) is 22.9 Å². The number of rotatable bonds is 4. The molecule has 0 spiro atoms. The first-order valence-corrected chi connectivity index (χ1v) is 7.05. The first-order valence-electron chi connectivity index (χ1n) is 6.26. The van der Waals surface area contributed by atoms with Gasteiger partial charge in [0, 0.05) is 15.9 Å². The molecule has 0 amide bonds. The molecule has 1 heterocycles. The third-order valence-corrected chi connectivity index (χ3v) is 3.26. The number of aryl methyl sites for hydroxylation is 2. The van der Waals surface area contributed by atoms with E-state index in [9.17, 15) is 4.79 Å². The molecule has 1 aromatic carbocycles. The highest BCUT2D eigenvalue weighted by atomic mass is 79.9. The number of carbonyl (C=O) groups is 1. The Bertz CT molecular complexity index is 636. The summed E-state index contributed by atoms with van der Waals surface area (Å²) in [6.45, 7) is 3.94. The average Bonchev–Trinajstić information content (AvgIpc) is 2.36. The lowest BCUT2D eigenvalue weighted by Crippen LogP contribution is -2.03. The fourth-order valence-corrected chi connectivity index (χ4v) is 2.52. The number of nitrogens with zero attached hydrogens (tertiary/aromatic N) is 1. The van der Waals surface area contributed by atoms with Gasteiger partial charge in [0.2, 0.25) is 0 Å². The molecule has 0 aliphatic carbocycles. The SMILES string of the molecule is CCc1cc(C(=O)O)cc(Nc2cc(C)cc(Br)c2)n1. The van der Waals surface area contributed by atoms with Crippen LogP contribution in [-0.2, 0) is 6.42 Å². The number of benzene rings is 1. The highest BCUT2D eigenvalue weighted by molar-refractivity contribution is 9.10. The first-order chi connectivity index (χ1) is 9.47. The van der Waals surface area contributed by atoms with Crippen LogP contribution in [-0.4, -0.2) is 16.1 Å². The topological polar surface area (TPSA) is 62.2 Å². The number of halogens is 1. The lowest BCUT2D eigenvalue weighted by Gasteiger charge is -2.10. The van der Waals surface area contributed by atoms with E-state index in [0.29, 0.717) is 12.2 Å². The van der Waals surface area contributed by atoms with E-state index in [4.69, 9.17) is 5.11 Å². The van der Waals surface area contributed by atoms with Gasteiger partial charge < -0.3 is 10.4 Å². The second-order valence-corrected chi connectivity index (χ2v) is 5.45. The third-order valence-electron chi connectivity index (χ3n) is 2.80. The predicted molar refractivity (Wildman–Crippen MR) is 82.7 cm³/mol. The Morgan fingerprint density at radius 1 is 1.30 bits per heavy atom. The molecular formula is C15H15BrN2O2. The Kier molecular flexibility index (Phi) is 4.39. The normalized spacial score (nSPS) is 10.3. The Hall–Kier alpha value is -1.88. The van der Waals surface area contributed by atoms with Crippen molar-refractivity contribution in [1.29, 1.82) is 0 Å². The van der Waals surface area contributed by atoms with E-state index in [1.54, 1.807) is 6.07 Å². The van der Waals surface area contributed by atoms with Crippen LogP contribution in [0, 0.1) is 6.92 Å². The summed E-state index contributed by atoms with van der Waals surface area (Å²) in [5, 5.41) is 12.3. The lowest BCUT2D eigenvalue weighted by atomic mass is 10.2. The number of hydrogen-bond donors (Lipinski definition) is 2. The summed E-state index contributed by atoms with van der Waals surface area (Å²) in [5.74, 6) is -0.408. The fraction of sp³-hybridized carbons (Fsp3) is 0.200. The van der Waals surface area contributed by atoms with Crippen LogP contribution in [0.2, 0.25) is 0 Å². The molecule has 0 radical (unpaired) electrons. The smallest absolute Gasteiger partial charge is 0.335 e. The van der Waals surface area contributed by atoms with Crippen LogP contribution >= 0.6 is 15.9 Å². The number of aromatic nitrogens is 1. The van der Waals surface area contributed by atoms with E-state index < -0.39 is 5.97 Å². The van der Waals surface area contributed by atoms with Crippen molar-refractivity contribution >= 4 is 33.4 Å². The summed E-state index contributed by atoms with van der Waals surface area (Å²) in [5.41, 5.74) is 2.96. The van der Waals surface area contributed by atoms with Crippen LogP contribution in [0.25, 0.3) is 0 Å². The molecule has 0 saturated heterocycles. The maximum atomic E-state index is 11.1. The van der Waals surface area contributed by atoms with Crippen LogP contribution in [0.3, 0.4) is 0 Å². The van der Waals surface area contributed by atoms with E-state index in [1.165, 1.54) is 6.07 Å². The number of nitrogens with one attached hydrogen (secondary N) is 1. The van der Waals surface area contributed by atoms with E-state index in [-0.39, 0.29) is 5.56 Å². The highest BCUT2D eigenvalue weighted by Gasteiger charge is 2.08. The molecule has 2 rings (SSSR count). The van der Waals surface area contributed by atoms with Gasteiger partial charge in [-0.15, -0.1) is 0 Å². The molecule has 0 saturated carbocycles. The molecule has 0 unspecified atom stereocenters. The van der Waals surface area contributed by atoms with Gasteiger partial charge in [-0.3, -0.25) is 0 Å². The van der Waals surface area contributed by atoms with Gasteiger partial charge in [0.15, 0.2) is 0 Å². The summed E-state index contributed by atoms with van der Waals surface area (Å²) in [4.78, 5) is 15.5. The number of hydrogen-bond acceptors (Lipinski definition) is 3. The molecule has 104 valence electrons. The summed E-state index contributed by atoms with van der Waals surface area (Å²) >= 11 is 3.44. The zero-order chi connectivity index (χ0) is 14.7. The van der Waals surface area contributed by atoms with Gasteiger partial charge in [0.25, 0.3) is 0 Å². The zero-order valence-corrected chi connectivity index (χ0v) is 12.9. The summed E-state index contributed by atoms with van der Waals surface area (Å²) < 4.78 is 0.963. The maximum Gasteiger partial charge on any atom is 0.335 e. The lowest BCUT2D eigenvalue weighted by molar-refractivity contribution is 0.0696. The minimum atomic E-state index is -0.949. The van der Waals surface area contributed by atoms with Crippen LogP contribution in [0.15, 0.2) is 34.8 Å². The second-order valence-electron chi connectivity index (χ2n) is 4.53. The van der Waals surface area contributed by atoms with Crippen LogP contribution in [0.5, 0.6) is 0 Å². The minimum Gasteiger partial charge on any atom is -0.478 e. The molecule has 0 fully saturated rings. The van der Waals surface area contributed by atoms with Gasteiger partial charge in [-0.25, -0.2) is 9.78 Å². The van der Waals surface area contributed by atoms with Crippen LogP contribution in [0.1, 0.15) is 28.5 Å². The quantitative estimate of drug-likeness (QED) is 0.881. The second kappa shape index (κ2) is 6.05. The van der Waals surface area contributed by atoms with E-state index in [1.807, 2.05) is 32.0 Å². The molecular weight excluding hydrogens is 320 g/mol. The summed E-state index contributed by atoms with van der Waals surface area (Å²) in [7, 11) is 0. The van der Waals surface area contributed by atoms with Crippen LogP contribution < -0.4 is 5.32 Å². The largest absolute Gasteiger partial charge is 0.478 e. The maximum absolute atomic E-state index is 11.1. The van der Waals surface area contributed by atoms with Crippen molar-refractivity contribution in [2.75, 3.05) is 5.32 Å². The van der Waals surface area contributed by atoms with Crippen molar-refractivity contribution in [2.24, 2.45) is 0 Å². The third kappa shape index (κ3) is 3.57. The molecule has 0 aliphatic rings. The van der Waals surface area contributed by atoms with Gasteiger partial charge in [0.1, 0.15) is 5.82 Å². The van der Waals surface area contributed by atoms with Crippen molar-refractivity contribution in [3.8, 4) is 0 Å². The van der Waals surface area contributed by atoms with E-state index in [2.05, 4.69) is 26.2 Å². The monoisotopic (exact) mass is 334 g/mol. The molecule has 0 atom stereocenters. The first kappa shape index (κ1) is 14.5. The average molecular weight is 335 g/mol. The van der Waals surface area contributed by atoms with Gasteiger partial charge in [0.05, 0.1) is 5.56 Å².